The van der Waals surface area contributed by atoms with E-state index in [0.717, 1.165) is 4.47 Å². The number of carboxylic acids is 1. The van der Waals surface area contributed by atoms with Crippen LogP contribution in [0.3, 0.4) is 0 Å². The van der Waals surface area contributed by atoms with Crippen molar-refractivity contribution in [1.82, 2.24) is 0 Å². The highest BCUT2D eigenvalue weighted by molar-refractivity contribution is 9.10. The number of ether oxygens (including phenoxy) is 1. The molecule has 2 aromatic carbocycles. The van der Waals surface area contributed by atoms with Crippen molar-refractivity contribution in [2.24, 2.45) is 0 Å². The van der Waals surface area contributed by atoms with Gasteiger partial charge in [0.05, 0.1) is 7.11 Å². The summed E-state index contributed by atoms with van der Waals surface area (Å²) < 4.78 is 5.97. The molecule has 6 heteroatoms. The molecule has 0 saturated carbocycles. The number of hydrogen-bond donors (Lipinski definition) is 1. The summed E-state index contributed by atoms with van der Waals surface area (Å²) in [7, 11) is 1.42. The number of ketones is 1. The van der Waals surface area contributed by atoms with E-state index in [1.807, 2.05) is 0 Å². The van der Waals surface area contributed by atoms with Crippen molar-refractivity contribution in [3.05, 3.63) is 63.6 Å². The van der Waals surface area contributed by atoms with Gasteiger partial charge < -0.3 is 9.84 Å². The fourth-order valence-electron chi connectivity index (χ4n) is 1.97. The van der Waals surface area contributed by atoms with Crippen molar-refractivity contribution in [2.45, 2.75) is 5.38 Å². The van der Waals surface area contributed by atoms with Crippen LogP contribution in [0.15, 0.2) is 46.9 Å². The van der Waals surface area contributed by atoms with Crippen molar-refractivity contribution < 1.29 is 19.4 Å². The Morgan fingerprint density at radius 3 is 2.27 bits per heavy atom. The van der Waals surface area contributed by atoms with Gasteiger partial charge in [0.15, 0.2) is 11.2 Å². The van der Waals surface area contributed by atoms with E-state index in [2.05, 4.69) is 15.9 Å². The summed E-state index contributed by atoms with van der Waals surface area (Å²) in [6.45, 7) is 0. The van der Waals surface area contributed by atoms with E-state index in [0.29, 0.717) is 16.9 Å². The molecule has 1 unspecified atom stereocenters. The molecule has 0 fully saturated rings. The smallest absolute Gasteiger partial charge is 0.326 e. The van der Waals surface area contributed by atoms with Gasteiger partial charge in [-0.15, -0.1) is 11.6 Å². The molecular formula is C16H12BrClO4. The number of carboxylic acid groups (broad SMARTS) is 1. The highest BCUT2D eigenvalue weighted by Gasteiger charge is 2.22. The van der Waals surface area contributed by atoms with Crippen LogP contribution in [0.2, 0.25) is 0 Å². The summed E-state index contributed by atoms with van der Waals surface area (Å²) in [6.07, 6.45) is 0. The zero-order chi connectivity index (χ0) is 16.3. The average molecular weight is 384 g/mol. The second-order valence-electron chi connectivity index (χ2n) is 4.49. The molecular weight excluding hydrogens is 372 g/mol. The van der Waals surface area contributed by atoms with Crippen molar-refractivity contribution in [2.75, 3.05) is 7.11 Å². The standard InChI is InChI=1S/C16H12BrClO4/c1-22-13-7-4-10(8-12(13)14(18)16(20)21)15(19)9-2-5-11(17)6-3-9/h2-8,14H,1H3,(H,20,21). The van der Waals surface area contributed by atoms with Gasteiger partial charge in [-0.3, -0.25) is 9.59 Å². The average Bonchev–Trinajstić information content (AvgIpc) is 2.53. The first-order chi connectivity index (χ1) is 10.4. The zero-order valence-electron chi connectivity index (χ0n) is 11.5. The summed E-state index contributed by atoms with van der Waals surface area (Å²) in [5.74, 6) is -1.09. The molecule has 0 aliphatic heterocycles. The predicted octanol–water partition coefficient (Wildman–Crippen LogP) is 4.05. The monoisotopic (exact) mass is 382 g/mol. The van der Waals surface area contributed by atoms with Crippen molar-refractivity contribution >= 4 is 39.3 Å². The number of aliphatic carboxylic acids is 1. The lowest BCUT2D eigenvalue weighted by atomic mass is 9.99. The number of carbonyl (C=O) groups is 2. The van der Waals surface area contributed by atoms with E-state index in [9.17, 15) is 9.59 Å². The summed E-state index contributed by atoms with van der Waals surface area (Å²) in [5, 5.41) is 7.77. The van der Waals surface area contributed by atoms with Crippen LogP contribution in [0.1, 0.15) is 26.9 Å². The zero-order valence-corrected chi connectivity index (χ0v) is 13.9. The van der Waals surface area contributed by atoms with E-state index in [1.165, 1.54) is 13.2 Å². The van der Waals surface area contributed by atoms with Gasteiger partial charge >= 0.3 is 5.97 Å². The van der Waals surface area contributed by atoms with E-state index in [1.54, 1.807) is 36.4 Å². The van der Waals surface area contributed by atoms with E-state index < -0.39 is 11.3 Å². The molecule has 2 aromatic rings. The minimum absolute atomic E-state index is 0.217. The van der Waals surface area contributed by atoms with Gasteiger partial charge in [-0.1, -0.05) is 15.9 Å². The Bertz CT molecular complexity index is 713. The largest absolute Gasteiger partial charge is 0.496 e. The van der Waals surface area contributed by atoms with Crippen LogP contribution in [0.4, 0.5) is 0 Å². The minimum atomic E-state index is -1.28. The molecule has 0 aromatic heterocycles. The Balaban J connectivity index is 2.43. The third kappa shape index (κ3) is 3.48. The second kappa shape index (κ2) is 6.94. The molecule has 1 N–H and O–H groups in total. The van der Waals surface area contributed by atoms with Crippen LogP contribution in [0.25, 0.3) is 0 Å². The first kappa shape index (κ1) is 16.5. The molecule has 4 nitrogen and oxygen atoms in total. The lowest BCUT2D eigenvalue weighted by molar-refractivity contribution is -0.136. The number of methoxy groups -OCH3 is 1. The molecule has 2 rings (SSSR count). The Morgan fingerprint density at radius 2 is 1.73 bits per heavy atom. The molecule has 0 radical (unpaired) electrons. The van der Waals surface area contributed by atoms with Gasteiger partial charge in [0.2, 0.25) is 0 Å². The van der Waals surface area contributed by atoms with E-state index in [4.69, 9.17) is 21.4 Å². The van der Waals surface area contributed by atoms with Gasteiger partial charge in [-0.2, -0.15) is 0 Å². The molecule has 22 heavy (non-hydrogen) atoms. The Labute approximate surface area is 140 Å². The van der Waals surface area contributed by atoms with Crippen LogP contribution in [-0.4, -0.2) is 24.0 Å². The summed E-state index contributed by atoms with van der Waals surface area (Å²) >= 11 is 9.18. The Morgan fingerprint density at radius 1 is 1.14 bits per heavy atom. The SMILES string of the molecule is COc1ccc(C(=O)c2ccc(Br)cc2)cc1C(Cl)C(=O)O. The van der Waals surface area contributed by atoms with E-state index in [-0.39, 0.29) is 11.3 Å². The normalized spacial score (nSPS) is 11.8. The number of benzene rings is 2. The summed E-state index contributed by atoms with van der Waals surface area (Å²) in [4.78, 5) is 23.5. The van der Waals surface area contributed by atoms with Crippen molar-refractivity contribution in [3.63, 3.8) is 0 Å². The number of halogens is 2. The molecule has 114 valence electrons. The lowest BCUT2D eigenvalue weighted by Crippen LogP contribution is -2.09. The minimum Gasteiger partial charge on any atom is -0.496 e. The third-order valence-electron chi connectivity index (χ3n) is 3.09. The summed E-state index contributed by atoms with van der Waals surface area (Å²) in [5.41, 5.74) is 1.10. The van der Waals surface area contributed by atoms with Gasteiger partial charge in [-0.25, -0.2) is 0 Å². The maximum atomic E-state index is 12.5. The number of rotatable bonds is 5. The number of alkyl halides is 1. The van der Waals surface area contributed by atoms with Gasteiger partial charge in [-0.05, 0) is 42.5 Å². The number of carbonyl (C=O) groups excluding carboxylic acids is 1. The molecule has 0 spiro atoms. The quantitative estimate of drug-likeness (QED) is 0.625. The molecule has 0 aliphatic rings. The van der Waals surface area contributed by atoms with Crippen molar-refractivity contribution in [1.29, 1.82) is 0 Å². The van der Waals surface area contributed by atoms with Gasteiger partial charge in [0, 0.05) is 21.2 Å². The van der Waals surface area contributed by atoms with Gasteiger partial charge in [0.1, 0.15) is 5.75 Å². The maximum Gasteiger partial charge on any atom is 0.326 e. The van der Waals surface area contributed by atoms with Crippen LogP contribution < -0.4 is 4.74 Å². The number of hydrogen-bond acceptors (Lipinski definition) is 3. The van der Waals surface area contributed by atoms with Crippen LogP contribution >= 0.6 is 27.5 Å². The predicted molar refractivity (Wildman–Crippen MR) is 86.8 cm³/mol. The second-order valence-corrected chi connectivity index (χ2v) is 5.85. The van der Waals surface area contributed by atoms with Crippen LogP contribution in [0, 0.1) is 0 Å². The Hall–Kier alpha value is -1.85. The highest BCUT2D eigenvalue weighted by atomic mass is 79.9. The third-order valence-corrected chi connectivity index (χ3v) is 4.04. The highest BCUT2D eigenvalue weighted by Crippen LogP contribution is 2.31. The van der Waals surface area contributed by atoms with Crippen molar-refractivity contribution in [3.8, 4) is 5.75 Å². The van der Waals surface area contributed by atoms with Crippen LogP contribution in [0.5, 0.6) is 5.75 Å². The fourth-order valence-corrected chi connectivity index (χ4v) is 2.41. The molecule has 0 amide bonds. The molecule has 1 atom stereocenters. The topological polar surface area (TPSA) is 63.6 Å². The molecule has 0 saturated heterocycles. The molecule has 0 heterocycles. The molecule has 0 aliphatic carbocycles. The summed E-state index contributed by atoms with van der Waals surface area (Å²) in [6, 6.07) is 11.5. The van der Waals surface area contributed by atoms with Crippen LogP contribution in [-0.2, 0) is 4.79 Å². The fraction of sp³-hybridized carbons (Fsp3) is 0.125. The molecule has 0 bridgehead atoms. The van der Waals surface area contributed by atoms with E-state index >= 15 is 0 Å². The lowest BCUT2D eigenvalue weighted by Gasteiger charge is -2.12. The maximum absolute atomic E-state index is 12.5. The Kier molecular flexibility index (Phi) is 5.21. The first-order valence-corrected chi connectivity index (χ1v) is 7.52. The first-order valence-electron chi connectivity index (χ1n) is 6.29. The van der Waals surface area contributed by atoms with Gasteiger partial charge in [0.25, 0.3) is 0 Å².